The highest BCUT2D eigenvalue weighted by Crippen LogP contribution is 2.30. The van der Waals surface area contributed by atoms with Gasteiger partial charge < -0.3 is 16.4 Å². The number of para-hydroxylation sites is 1. The van der Waals surface area contributed by atoms with Crippen molar-refractivity contribution in [2.45, 2.75) is 19.9 Å². The van der Waals surface area contributed by atoms with Crippen molar-refractivity contribution >= 4 is 39.4 Å². The Morgan fingerprint density at radius 2 is 1.95 bits per heavy atom. The van der Waals surface area contributed by atoms with Crippen LogP contribution in [0, 0.1) is 18.8 Å². The van der Waals surface area contributed by atoms with E-state index in [-0.39, 0.29) is 11.6 Å². The summed E-state index contributed by atoms with van der Waals surface area (Å²) < 4.78 is 3.39. The Balaban J connectivity index is 1.62. The van der Waals surface area contributed by atoms with E-state index in [0.29, 0.717) is 39.6 Å². The number of nitrogens with one attached hydrogen (secondary N) is 2. The van der Waals surface area contributed by atoms with E-state index in [1.54, 1.807) is 15.3 Å². The molecule has 9 nitrogen and oxygen atoms in total. The van der Waals surface area contributed by atoms with Crippen molar-refractivity contribution in [2.24, 2.45) is 7.05 Å². The SMILES string of the molecule is C=CCNc1c(C(=C)NC(C)c2cc3cccc(C#Cc4nnc(C)s4)c3c(=O)n2-c2ccccc2)c(N)nn1C. The summed E-state index contributed by atoms with van der Waals surface area (Å²) in [7, 11) is 1.81. The third kappa shape index (κ3) is 5.48. The molecule has 3 aromatic heterocycles. The lowest BCUT2D eigenvalue weighted by molar-refractivity contribution is 0.652. The van der Waals surface area contributed by atoms with Crippen LogP contribution in [0.15, 0.2) is 78.6 Å². The van der Waals surface area contributed by atoms with Crippen molar-refractivity contribution in [2.75, 3.05) is 17.6 Å². The molecule has 41 heavy (non-hydrogen) atoms. The lowest BCUT2D eigenvalue weighted by Gasteiger charge is -2.23. The van der Waals surface area contributed by atoms with Crippen LogP contribution in [0.2, 0.25) is 0 Å². The van der Waals surface area contributed by atoms with Gasteiger partial charge in [-0.3, -0.25) is 14.0 Å². The molecule has 0 spiro atoms. The molecule has 206 valence electrons. The molecule has 5 rings (SSSR count). The second-order valence-corrected chi connectivity index (χ2v) is 10.6. The highest BCUT2D eigenvalue weighted by molar-refractivity contribution is 7.11. The average Bonchev–Trinajstić information content (AvgIpc) is 3.51. The number of aromatic nitrogens is 5. The van der Waals surface area contributed by atoms with E-state index in [9.17, 15) is 4.79 Å². The maximum absolute atomic E-state index is 14.2. The Morgan fingerprint density at radius 1 is 1.17 bits per heavy atom. The number of benzene rings is 2. The molecule has 0 fully saturated rings. The van der Waals surface area contributed by atoms with E-state index in [2.05, 4.69) is 50.9 Å². The summed E-state index contributed by atoms with van der Waals surface area (Å²) >= 11 is 1.41. The van der Waals surface area contributed by atoms with Crippen LogP contribution in [0.25, 0.3) is 22.2 Å². The molecule has 4 N–H and O–H groups in total. The Labute approximate surface area is 242 Å². The Morgan fingerprint density at radius 3 is 2.66 bits per heavy atom. The molecular weight excluding hydrogens is 532 g/mol. The van der Waals surface area contributed by atoms with Gasteiger partial charge in [0, 0.05) is 36.2 Å². The van der Waals surface area contributed by atoms with Crippen LogP contribution in [0.1, 0.15) is 39.8 Å². The lowest BCUT2D eigenvalue weighted by Crippen LogP contribution is -2.28. The molecular formula is C31H30N8OS. The van der Waals surface area contributed by atoms with E-state index >= 15 is 0 Å². The van der Waals surface area contributed by atoms with E-state index in [4.69, 9.17) is 5.73 Å². The van der Waals surface area contributed by atoms with Crippen LogP contribution in [-0.4, -0.2) is 31.1 Å². The first-order chi connectivity index (χ1) is 19.8. The number of anilines is 2. The third-order valence-electron chi connectivity index (χ3n) is 6.54. The normalized spacial score (nSPS) is 11.5. The van der Waals surface area contributed by atoms with Gasteiger partial charge in [-0.05, 0) is 49.4 Å². The molecule has 2 aromatic carbocycles. The predicted molar refractivity (Wildman–Crippen MR) is 167 cm³/mol. The molecule has 3 heterocycles. The molecule has 0 aliphatic carbocycles. The number of pyridine rings is 1. The summed E-state index contributed by atoms with van der Waals surface area (Å²) in [6.07, 6.45) is 1.76. The van der Waals surface area contributed by atoms with Crippen molar-refractivity contribution in [1.29, 1.82) is 0 Å². The largest absolute Gasteiger partial charge is 0.382 e. The van der Waals surface area contributed by atoms with Crippen molar-refractivity contribution in [3.63, 3.8) is 0 Å². The van der Waals surface area contributed by atoms with Crippen LogP contribution in [0.5, 0.6) is 0 Å². The first kappa shape index (κ1) is 27.4. The van der Waals surface area contributed by atoms with Gasteiger partial charge in [0.25, 0.3) is 5.56 Å². The van der Waals surface area contributed by atoms with E-state index in [0.717, 1.165) is 27.6 Å². The van der Waals surface area contributed by atoms with Gasteiger partial charge >= 0.3 is 0 Å². The third-order valence-corrected chi connectivity index (χ3v) is 7.30. The topological polar surface area (TPSA) is 116 Å². The van der Waals surface area contributed by atoms with Crippen LogP contribution < -0.4 is 21.9 Å². The molecule has 0 bridgehead atoms. The van der Waals surface area contributed by atoms with Gasteiger partial charge in [0.05, 0.1) is 17.0 Å². The van der Waals surface area contributed by atoms with Crippen molar-refractivity contribution in [3.8, 4) is 17.5 Å². The number of hydrogen-bond donors (Lipinski definition) is 3. The summed E-state index contributed by atoms with van der Waals surface area (Å²) in [6, 6.07) is 16.9. The number of aryl methyl sites for hydroxylation is 2. The van der Waals surface area contributed by atoms with Gasteiger partial charge in [-0.1, -0.05) is 60.2 Å². The number of fused-ring (bicyclic) bond motifs is 1. The monoisotopic (exact) mass is 562 g/mol. The summed E-state index contributed by atoms with van der Waals surface area (Å²) in [5.74, 6) is 7.27. The smallest absolute Gasteiger partial charge is 0.264 e. The van der Waals surface area contributed by atoms with Gasteiger partial charge in [-0.25, -0.2) is 0 Å². The molecule has 0 saturated heterocycles. The second kappa shape index (κ2) is 11.5. The highest BCUT2D eigenvalue weighted by Gasteiger charge is 2.22. The maximum Gasteiger partial charge on any atom is 0.264 e. The lowest BCUT2D eigenvalue weighted by atomic mass is 10.0. The number of nitrogens with zero attached hydrogens (tertiary/aromatic N) is 5. The minimum Gasteiger partial charge on any atom is -0.382 e. The maximum atomic E-state index is 14.2. The number of rotatable bonds is 8. The van der Waals surface area contributed by atoms with Gasteiger partial charge in [0.15, 0.2) is 10.8 Å². The fourth-order valence-corrected chi connectivity index (χ4v) is 5.28. The molecule has 0 aliphatic heterocycles. The quantitative estimate of drug-likeness (QED) is 0.184. The molecule has 0 aliphatic rings. The van der Waals surface area contributed by atoms with Gasteiger partial charge in [0.1, 0.15) is 10.8 Å². The summed E-state index contributed by atoms with van der Waals surface area (Å²) in [4.78, 5) is 14.2. The van der Waals surface area contributed by atoms with Gasteiger partial charge in [-0.15, -0.1) is 16.8 Å². The van der Waals surface area contributed by atoms with E-state index in [1.807, 2.05) is 75.5 Å². The second-order valence-electron chi connectivity index (χ2n) is 9.44. The fraction of sp³-hybridized carbons (Fsp3) is 0.161. The molecule has 1 atom stereocenters. The van der Waals surface area contributed by atoms with Crippen molar-refractivity contribution < 1.29 is 0 Å². The van der Waals surface area contributed by atoms with Crippen LogP contribution in [0.3, 0.4) is 0 Å². The average molecular weight is 563 g/mol. The molecule has 1 unspecified atom stereocenters. The van der Waals surface area contributed by atoms with Crippen LogP contribution >= 0.6 is 11.3 Å². The van der Waals surface area contributed by atoms with Crippen molar-refractivity contribution in [3.05, 3.63) is 111 Å². The fourth-order valence-electron chi connectivity index (χ4n) is 4.74. The summed E-state index contributed by atoms with van der Waals surface area (Å²) in [5, 5.41) is 22.0. The summed E-state index contributed by atoms with van der Waals surface area (Å²) in [5.41, 5.74) is 9.46. The zero-order valence-electron chi connectivity index (χ0n) is 23.1. The standard InChI is InChI=1S/C31H30N8OS/c1-6-17-33-30-27(29(32)37-38(30)5)20(3)34-19(2)25-18-23-12-10-11-22(15-16-26-36-35-21(4)41-26)28(23)31(40)39(25)24-13-8-7-9-14-24/h6-14,18-19,33-34H,1,3,17H2,2,4-5H3,(H2,32,37). The minimum atomic E-state index is -0.328. The zero-order chi connectivity index (χ0) is 29.1. The minimum absolute atomic E-state index is 0.171. The molecule has 10 heteroatoms. The predicted octanol–water partition coefficient (Wildman–Crippen LogP) is 4.79. The zero-order valence-corrected chi connectivity index (χ0v) is 23.9. The number of hydrogen-bond acceptors (Lipinski definition) is 8. The van der Waals surface area contributed by atoms with Gasteiger partial charge in [-0.2, -0.15) is 5.10 Å². The number of nitrogen functional groups attached to an aromatic ring is 1. The Kier molecular flexibility index (Phi) is 7.72. The first-order valence-electron chi connectivity index (χ1n) is 13.0. The van der Waals surface area contributed by atoms with E-state index in [1.165, 1.54) is 11.3 Å². The molecule has 0 saturated carbocycles. The van der Waals surface area contributed by atoms with E-state index < -0.39 is 0 Å². The van der Waals surface area contributed by atoms with Crippen molar-refractivity contribution in [1.82, 2.24) is 29.9 Å². The van der Waals surface area contributed by atoms with Crippen LogP contribution in [0.4, 0.5) is 11.6 Å². The number of nitrogens with two attached hydrogens (primary N) is 1. The Hall–Kier alpha value is -5.14. The Bertz CT molecular complexity index is 1890. The summed E-state index contributed by atoms with van der Waals surface area (Å²) in [6.45, 7) is 12.4. The highest BCUT2D eigenvalue weighted by atomic mass is 32.1. The first-order valence-corrected chi connectivity index (χ1v) is 13.8. The van der Waals surface area contributed by atoms with Crippen LogP contribution in [-0.2, 0) is 7.05 Å². The molecule has 0 radical (unpaired) electrons. The molecule has 0 amide bonds. The molecule has 5 aromatic rings. The van der Waals surface area contributed by atoms with Gasteiger partial charge in [0.2, 0.25) is 0 Å².